The quantitative estimate of drug-likeness (QED) is 0.525. The normalized spacial score (nSPS) is 18.8. The number of rotatable bonds is 8. The average Bonchev–Trinajstić information content (AvgIpc) is 2.82. The molecule has 1 amide bonds. The molecule has 0 saturated carbocycles. The van der Waals surface area contributed by atoms with E-state index in [9.17, 15) is 18.3 Å². The third-order valence-corrected chi connectivity index (χ3v) is 7.90. The van der Waals surface area contributed by atoms with Gasteiger partial charge in [-0.3, -0.25) is 9.69 Å². The van der Waals surface area contributed by atoms with Crippen molar-refractivity contribution < 1.29 is 18.3 Å². The Labute approximate surface area is 202 Å². The highest BCUT2D eigenvalue weighted by Crippen LogP contribution is 2.20. The summed E-state index contributed by atoms with van der Waals surface area (Å²) in [7, 11) is -3.15. The number of hydrogen-bond donors (Lipinski definition) is 3. The highest BCUT2D eigenvalue weighted by molar-refractivity contribution is 7.88. The van der Waals surface area contributed by atoms with Crippen molar-refractivity contribution in [3.8, 4) is 0 Å². The molecule has 2 aliphatic rings. The molecule has 2 aliphatic heterocycles. The van der Waals surface area contributed by atoms with Gasteiger partial charge in [-0.05, 0) is 48.6 Å². The fraction of sp³-hybridized carbons (Fsp3) is 0.480. The van der Waals surface area contributed by atoms with E-state index in [2.05, 4.69) is 33.7 Å². The van der Waals surface area contributed by atoms with Crippen LogP contribution in [0.15, 0.2) is 48.5 Å². The van der Waals surface area contributed by atoms with E-state index in [0.29, 0.717) is 25.2 Å². The van der Waals surface area contributed by atoms with Gasteiger partial charge in [-0.2, -0.15) is 0 Å². The molecule has 9 heteroatoms. The van der Waals surface area contributed by atoms with Crippen LogP contribution in [0.4, 0.5) is 5.69 Å². The minimum absolute atomic E-state index is 0.160. The fourth-order valence-corrected chi connectivity index (χ4v) is 5.58. The van der Waals surface area contributed by atoms with E-state index in [4.69, 9.17) is 0 Å². The molecule has 8 nitrogen and oxygen atoms in total. The van der Waals surface area contributed by atoms with Gasteiger partial charge in [0.05, 0.1) is 12.4 Å². The Balaban J connectivity index is 1.23. The first-order valence-electron chi connectivity index (χ1n) is 11.8. The van der Waals surface area contributed by atoms with Crippen LogP contribution in [0.1, 0.15) is 34.3 Å². The molecule has 0 radical (unpaired) electrons. The molecule has 0 unspecified atom stereocenters. The third kappa shape index (κ3) is 6.56. The maximum absolute atomic E-state index is 12.7. The molecule has 0 bridgehead atoms. The Morgan fingerprint density at radius 1 is 1.09 bits per heavy atom. The zero-order valence-corrected chi connectivity index (χ0v) is 20.4. The van der Waals surface area contributed by atoms with Gasteiger partial charge >= 0.3 is 0 Å². The zero-order chi connectivity index (χ0) is 24.1. The van der Waals surface area contributed by atoms with Gasteiger partial charge in [0.1, 0.15) is 0 Å². The van der Waals surface area contributed by atoms with Gasteiger partial charge in [0, 0.05) is 56.6 Å². The first-order valence-corrected chi connectivity index (χ1v) is 13.7. The standard InChI is InChI=1S/C25H34N4O4S/c1-34(32,33)29-13-10-22(11-14-29)27-23-8-4-7-20(15-23)25(31)26-16-24(30)18-28-12-9-19-5-2-3-6-21(19)17-28/h2-8,15,22,24,27,30H,9-14,16-18H2,1H3,(H,26,31)/t24-/m0/s1. The van der Waals surface area contributed by atoms with Gasteiger partial charge in [0.25, 0.3) is 5.91 Å². The van der Waals surface area contributed by atoms with E-state index in [-0.39, 0.29) is 18.5 Å². The number of amides is 1. The minimum atomic E-state index is -3.15. The lowest BCUT2D eigenvalue weighted by molar-refractivity contribution is 0.0842. The Morgan fingerprint density at radius 2 is 1.82 bits per heavy atom. The Kier molecular flexibility index (Phi) is 7.88. The van der Waals surface area contributed by atoms with Crippen molar-refractivity contribution in [2.75, 3.05) is 44.3 Å². The number of fused-ring (bicyclic) bond motifs is 1. The van der Waals surface area contributed by atoms with E-state index in [1.165, 1.54) is 21.7 Å². The summed E-state index contributed by atoms with van der Waals surface area (Å²) in [6.07, 6.45) is 3.01. The van der Waals surface area contributed by atoms with Crippen molar-refractivity contribution in [1.82, 2.24) is 14.5 Å². The number of aliphatic hydroxyl groups excluding tert-OH is 1. The SMILES string of the molecule is CS(=O)(=O)N1CCC(Nc2cccc(C(=O)NC[C@H](O)CN3CCc4ccccc4C3)c2)CC1. The summed E-state index contributed by atoms with van der Waals surface area (Å²) in [6, 6.07) is 15.8. The van der Waals surface area contributed by atoms with Crippen LogP contribution in [0.3, 0.4) is 0 Å². The highest BCUT2D eigenvalue weighted by atomic mass is 32.2. The van der Waals surface area contributed by atoms with E-state index in [1.54, 1.807) is 12.1 Å². The van der Waals surface area contributed by atoms with Crippen molar-refractivity contribution in [3.05, 3.63) is 65.2 Å². The zero-order valence-electron chi connectivity index (χ0n) is 19.6. The molecule has 0 aromatic heterocycles. The average molecular weight is 487 g/mol. The predicted octanol–water partition coefficient (Wildman–Crippen LogP) is 1.67. The number of hydrogen-bond acceptors (Lipinski definition) is 6. The third-order valence-electron chi connectivity index (χ3n) is 6.60. The van der Waals surface area contributed by atoms with Gasteiger partial charge < -0.3 is 15.7 Å². The van der Waals surface area contributed by atoms with Crippen molar-refractivity contribution in [2.24, 2.45) is 0 Å². The van der Waals surface area contributed by atoms with Gasteiger partial charge in [-0.25, -0.2) is 12.7 Å². The number of sulfonamides is 1. The first kappa shape index (κ1) is 24.7. The number of β-amino-alcohol motifs (C(OH)–C–C–N with tert-alkyl or cyclic N) is 1. The van der Waals surface area contributed by atoms with Crippen molar-refractivity contribution in [2.45, 2.75) is 38.0 Å². The molecular formula is C25H34N4O4S. The van der Waals surface area contributed by atoms with Crippen molar-refractivity contribution in [1.29, 1.82) is 0 Å². The van der Waals surface area contributed by atoms with Crippen LogP contribution in [0.2, 0.25) is 0 Å². The lowest BCUT2D eigenvalue weighted by atomic mass is 10.00. The van der Waals surface area contributed by atoms with E-state index in [0.717, 1.165) is 38.0 Å². The van der Waals surface area contributed by atoms with Crippen LogP contribution < -0.4 is 10.6 Å². The summed E-state index contributed by atoms with van der Waals surface area (Å²) in [5.74, 6) is -0.224. The van der Waals surface area contributed by atoms with Crippen molar-refractivity contribution in [3.63, 3.8) is 0 Å². The maximum Gasteiger partial charge on any atom is 0.251 e. The van der Waals surface area contributed by atoms with E-state index in [1.807, 2.05) is 18.2 Å². The molecule has 0 aliphatic carbocycles. The van der Waals surface area contributed by atoms with Crippen LogP contribution in [-0.4, -0.2) is 79.8 Å². The lowest BCUT2D eigenvalue weighted by Crippen LogP contribution is -2.42. The van der Waals surface area contributed by atoms with Crippen LogP contribution >= 0.6 is 0 Å². The molecule has 1 atom stereocenters. The monoisotopic (exact) mass is 486 g/mol. The molecular weight excluding hydrogens is 452 g/mol. The smallest absolute Gasteiger partial charge is 0.251 e. The Bertz CT molecular complexity index is 1100. The van der Waals surface area contributed by atoms with Crippen LogP contribution in [0.25, 0.3) is 0 Å². The summed E-state index contributed by atoms with van der Waals surface area (Å²) in [5, 5.41) is 16.7. The number of benzene rings is 2. The molecule has 2 heterocycles. The minimum Gasteiger partial charge on any atom is -0.390 e. The topological polar surface area (TPSA) is 102 Å². The number of piperidine rings is 1. The number of anilines is 1. The number of nitrogens with one attached hydrogen (secondary N) is 2. The lowest BCUT2D eigenvalue weighted by Gasteiger charge is -2.31. The molecule has 4 rings (SSSR count). The van der Waals surface area contributed by atoms with Crippen LogP contribution in [-0.2, 0) is 23.0 Å². The summed E-state index contributed by atoms with van der Waals surface area (Å²) < 4.78 is 24.9. The second kappa shape index (κ2) is 10.9. The number of nitrogens with zero attached hydrogens (tertiary/aromatic N) is 2. The molecule has 2 aromatic carbocycles. The van der Waals surface area contributed by atoms with E-state index < -0.39 is 16.1 Å². The van der Waals surface area contributed by atoms with Gasteiger partial charge in [0.2, 0.25) is 10.0 Å². The van der Waals surface area contributed by atoms with Gasteiger partial charge in [0.15, 0.2) is 0 Å². The van der Waals surface area contributed by atoms with E-state index >= 15 is 0 Å². The Hall–Kier alpha value is -2.46. The largest absolute Gasteiger partial charge is 0.390 e. The molecule has 1 saturated heterocycles. The van der Waals surface area contributed by atoms with Gasteiger partial charge in [-0.15, -0.1) is 0 Å². The molecule has 3 N–H and O–H groups in total. The van der Waals surface area contributed by atoms with Crippen molar-refractivity contribution >= 4 is 21.6 Å². The second-order valence-electron chi connectivity index (χ2n) is 9.28. The molecule has 34 heavy (non-hydrogen) atoms. The van der Waals surface area contributed by atoms with Crippen LogP contribution in [0.5, 0.6) is 0 Å². The van der Waals surface area contributed by atoms with Gasteiger partial charge in [-0.1, -0.05) is 30.3 Å². The summed E-state index contributed by atoms with van der Waals surface area (Å²) >= 11 is 0. The molecule has 1 fully saturated rings. The predicted molar refractivity (Wildman–Crippen MR) is 133 cm³/mol. The first-order chi connectivity index (χ1) is 16.3. The summed E-state index contributed by atoms with van der Waals surface area (Å²) in [5.41, 5.74) is 4.03. The molecule has 2 aromatic rings. The fourth-order valence-electron chi connectivity index (χ4n) is 4.70. The number of aliphatic hydroxyl groups is 1. The molecule has 184 valence electrons. The number of carbonyl (C=O) groups is 1. The maximum atomic E-state index is 12.7. The van der Waals surface area contributed by atoms with Crippen LogP contribution in [0, 0.1) is 0 Å². The highest BCUT2D eigenvalue weighted by Gasteiger charge is 2.25. The number of carbonyl (C=O) groups excluding carboxylic acids is 1. The molecule has 0 spiro atoms. The summed E-state index contributed by atoms with van der Waals surface area (Å²) in [6.45, 7) is 3.42. The Morgan fingerprint density at radius 3 is 2.56 bits per heavy atom. The summed E-state index contributed by atoms with van der Waals surface area (Å²) in [4.78, 5) is 14.9. The second-order valence-corrected chi connectivity index (χ2v) is 11.3.